The van der Waals surface area contributed by atoms with Gasteiger partial charge >= 0.3 is 0 Å². The fraction of sp³-hybridized carbons (Fsp3) is 0.0278. The average Bonchev–Trinajstić information content (AvgIpc) is 2.57. The first-order valence-electron chi connectivity index (χ1n) is 27.5. The number of benzene rings is 12. The Morgan fingerprint density at radius 3 is 1.69 bits per heavy atom. The van der Waals surface area contributed by atoms with Gasteiger partial charge in [0, 0.05) is 33.4 Å². The Labute approximate surface area is 436 Å². The van der Waals surface area contributed by atoms with Crippen LogP contribution in [0.1, 0.15) is 50.0 Å². The van der Waals surface area contributed by atoms with Gasteiger partial charge in [-0.15, -0.1) is 0 Å². The van der Waals surface area contributed by atoms with Gasteiger partial charge in [-0.25, -0.2) is 0 Å². The molecule has 0 amide bonds. The Morgan fingerprint density at radius 2 is 0.905 bits per heavy atom. The van der Waals surface area contributed by atoms with Crippen molar-refractivity contribution in [2.75, 3.05) is 4.90 Å². The summed E-state index contributed by atoms with van der Waals surface area (Å²) in [6, 6.07) is 90.8. The van der Waals surface area contributed by atoms with Crippen LogP contribution in [0.15, 0.2) is 279 Å². The lowest BCUT2D eigenvalue weighted by Gasteiger charge is -2.40. The fourth-order valence-electron chi connectivity index (χ4n) is 13.8. The molecule has 13 aromatic rings. The summed E-state index contributed by atoms with van der Waals surface area (Å²) < 4.78 is 41.6. The number of para-hydroxylation sites is 2. The SMILES string of the molecule is [2H]c1c([2H])c([2H])c2c(c1[2H])-c1c(N(c3ccc4c(c3)C(c3ccccc3)(c3ccccc3)c3ccccc3-4)c3ccc4c5ccccc5n(-c5ccccc5)c4c3)cccc1C21c2ccccc2-c2cccc3cccc1c23. The summed E-state index contributed by atoms with van der Waals surface area (Å²) in [4.78, 5) is 2.36. The van der Waals surface area contributed by atoms with Crippen molar-refractivity contribution in [1.29, 1.82) is 0 Å². The van der Waals surface area contributed by atoms with Crippen molar-refractivity contribution < 1.29 is 5.48 Å². The molecule has 0 saturated heterocycles. The van der Waals surface area contributed by atoms with E-state index in [0.717, 1.165) is 111 Å². The Balaban J connectivity index is 1.06. The van der Waals surface area contributed by atoms with E-state index in [1.54, 1.807) is 0 Å². The third-order valence-corrected chi connectivity index (χ3v) is 16.6. The maximum atomic E-state index is 10.2. The minimum absolute atomic E-state index is 0.0366. The first-order chi connectivity index (χ1) is 38.4. The lowest BCUT2D eigenvalue weighted by Crippen LogP contribution is -2.31. The van der Waals surface area contributed by atoms with Gasteiger partial charge in [-0.1, -0.05) is 230 Å². The Hall–Kier alpha value is -9.50. The molecule has 0 bridgehead atoms. The van der Waals surface area contributed by atoms with Crippen molar-refractivity contribution in [1.82, 2.24) is 4.57 Å². The van der Waals surface area contributed by atoms with Crippen molar-refractivity contribution in [3.05, 3.63) is 323 Å². The summed E-state index contributed by atoms with van der Waals surface area (Å²) in [5, 5.41) is 4.44. The number of aromatic nitrogens is 1. The minimum Gasteiger partial charge on any atom is -0.310 e. The number of fused-ring (bicyclic) bond motifs is 15. The molecule has 0 radical (unpaired) electrons. The summed E-state index contributed by atoms with van der Waals surface area (Å²) in [5.74, 6) is 0. The molecule has 74 heavy (non-hydrogen) atoms. The van der Waals surface area contributed by atoms with Crippen LogP contribution >= 0.6 is 0 Å². The van der Waals surface area contributed by atoms with Crippen molar-refractivity contribution in [3.63, 3.8) is 0 Å². The first kappa shape index (κ1) is 37.3. The van der Waals surface area contributed by atoms with Crippen molar-refractivity contribution in [3.8, 4) is 39.1 Å². The van der Waals surface area contributed by atoms with E-state index in [2.05, 4.69) is 264 Å². The molecular weight excluding hydrogens is 893 g/mol. The summed E-state index contributed by atoms with van der Waals surface area (Å²) in [5.41, 5.74) is 18.0. The van der Waals surface area contributed by atoms with Crippen LogP contribution in [0.4, 0.5) is 17.1 Å². The van der Waals surface area contributed by atoms with Gasteiger partial charge < -0.3 is 9.47 Å². The van der Waals surface area contributed by atoms with E-state index in [0.29, 0.717) is 11.1 Å². The molecule has 2 heteroatoms. The number of hydrogen-bond acceptors (Lipinski definition) is 1. The summed E-state index contributed by atoms with van der Waals surface area (Å²) in [6.45, 7) is 0. The highest BCUT2D eigenvalue weighted by molar-refractivity contribution is 6.12. The molecule has 3 aliphatic carbocycles. The first-order valence-corrected chi connectivity index (χ1v) is 25.5. The van der Waals surface area contributed by atoms with E-state index in [-0.39, 0.29) is 24.2 Å². The minimum atomic E-state index is -1.12. The highest BCUT2D eigenvalue weighted by Gasteiger charge is 2.51. The maximum absolute atomic E-state index is 10.2. The normalized spacial score (nSPS) is 15.9. The van der Waals surface area contributed by atoms with Crippen LogP contribution in [0.5, 0.6) is 0 Å². The predicted octanol–water partition coefficient (Wildman–Crippen LogP) is 18.1. The average molecular weight is 943 g/mol. The van der Waals surface area contributed by atoms with Crippen LogP contribution in [0.3, 0.4) is 0 Å². The molecule has 16 rings (SSSR count). The van der Waals surface area contributed by atoms with Crippen molar-refractivity contribution in [2.45, 2.75) is 10.8 Å². The van der Waals surface area contributed by atoms with E-state index in [1.165, 1.54) is 11.1 Å². The second-order valence-electron chi connectivity index (χ2n) is 19.9. The van der Waals surface area contributed by atoms with Gasteiger partial charge in [0.25, 0.3) is 0 Å². The topological polar surface area (TPSA) is 8.17 Å². The fourth-order valence-corrected chi connectivity index (χ4v) is 13.8. The van der Waals surface area contributed by atoms with Gasteiger partial charge in [0.2, 0.25) is 0 Å². The number of rotatable bonds is 6. The lowest BCUT2D eigenvalue weighted by atomic mass is 9.61. The standard InChI is InChI=1S/C72H46N2/c1-4-23-48(24-5-1)71(49-25-6-2-7-26-49)60-34-14-10-29-53(60)55-43-41-51(45-65(55)71)73(52-42-44-57-56-31-13-17-39-66(56)74(68(57)46-52)50-27-8-3-9-28-50)67-40-20-38-64-70(67)59-32-12-16-36-62(59)72(64)61-35-15-11-30-54(61)58-33-18-21-47-22-19-37-63(72)69(47)58/h1-46H/i12D,16D,32D,36D. The highest BCUT2D eigenvalue weighted by atomic mass is 15.1. The maximum Gasteiger partial charge on any atom is 0.0726 e. The van der Waals surface area contributed by atoms with Crippen LogP contribution < -0.4 is 4.90 Å². The third kappa shape index (κ3) is 5.33. The van der Waals surface area contributed by atoms with Gasteiger partial charge in [-0.3, -0.25) is 0 Å². The largest absolute Gasteiger partial charge is 0.310 e. The van der Waals surface area contributed by atoms with E-state index in [9.17, 15) is 5.48 Å². The summed E-state index contributed by atoms with van der Waals surface area (Å²) >= 11 is 0. The Morgan fingerprint density at radius 1 is 0.351 bits per heavy atom. The molecular formula is C72H46N2. The molecule has 0 saturated carbocycles. The molecule has 344 valence electrons. The van der Waals surface area contributed by atoms with Crippen LogP contribution in [0, 0.1) is 0 Å². The molecule has 0 N–H and O–H groups in total. The number of anilines is 3. The second kappa shape index (κ2) is 15.5. The summed E-state index contributed by atoms with van der Waals surface area (Å²) in [6.07, 6.45) is 0. The van der Waals surface area contributed by atoms with Crippen LogP contribution in [0.2, 0.25) is 0 Å². The summed E-state index contributed by atoms with van der Waals surface area (Å²) in [7, 11) is 0. The van der Waals surface area contributed by atoms with Crippen molar-refractivity contribution >= 4 is 49.6 Å². The number of hydrogen-bond donors (Lipinski definition) is 0. The molecule has 1 unspecified atom stereocenters. The Kier molecular flexibility index (Phi) is 7.81. The van der Waals surface area contributed by atoms with Crippen LogP contribution in [0.25, 0.3) is 71.6 Å². The zero-order valence-electron chi connectivity index (χ0n) is 44.1. The molecule has 1 spiro atoms. The number of nitrogens with zero attached hydrogens (tertiary/aromatic N) is 2. The smallest absolute Gasteiger partial charge is 0.0726 e. The van der Waals surface area contributed by atoms with Gasteiger partial charge in [-0.05, 0) is 132 Å². The Bertz CT molecular complexity index is 4640. The molecule has 1 aromatic heterocycles. The monoisotopic (exact) mass is 942 g/mol. The van der Waals surface area contributed by atoms with Gasteiger partial charge in [0.1, 0.15) is 0 Å². The highest BCUT2D eigenvalue weighted by Crippen LogP contribution is 2.64. The molecule has 0 fully saturated rings. The lowest BCUT2D eigenvalue weighted by molar-refractivity contribution is 0.768. The zero-order chi connectivity index (χ0) is 52.0. The molecule has 3 aliphatic rings. The predicted molar refractivity (Wildman–Crippen MR) is 307 cm³/mol. The molecule has 1 atom stereocenters. The van der Waals surface area contributed by atoms with E-state index < -0.39 is 10.8 Å². The van der Waals surface area contributed by atoms with Crippen LogP contribution in [-0.2, 0) is 10.8 Å². The second-order valence-corrected chi connectivity index (χ2v) is 19.9. The van der Waals surface area contributed by atoms with Crippen molar-refractivity contribution in [2.24, 2.45) is 0 Å². The third-order valence-electron chi connectivity index (χ3n) is 16.6. The molecule has 0 aliphatic heterocycles. The van der Waals surface area contributed by atoms with Gasteiger partial charge in [0.05, 0.1) is 33.0 Å². The van der Waals surface area contributed by atoms with E-state index >= 15 is 0 Å². The molecule has 1 heterocycles. The zero-order valence-corrected chi connectivity index (χ0v) is 40.1. The van der Waals surface area contributed by atoms with E-state index in [4.69, 9.17) is 0 Å². The quantitative estimate of drug-likeness (QED) is 0.161. The van der Waals surface area contributed by atoms with Crippen LogP contribution in [-0.4, -0.2) is 4.57 Å². The van der Waals surface area contributed by atoms with Gasteiger partial charge in [-0.2, -0.15) is 0 Å². The van der Waals surface area contributed by atoms with E-state index in [1.807, 2.05) is 0 Å². The molecule has 2 nitrogen and oxygen atoms in total. The van der Waals surface area contributed by atoms with Gasteiger partial charge in [0.15, 0.2) is 0 Å². The molecule has 12 aromatic carbocycles.